The Morgan fingerprint density at radius 3 is 2.29 bits per heavy atom. The largest absolute Gasteiger partial charge is 0.368 e. The van der Waals surface area contributed by atoms with E-state index in [4.69, 9.17) is 0 Å². The van der Waals surface area contributed by atoms with Crippen LogP contribution in [0.4, 0.5) is 15.8 Å². The Hall–Kier alpha value is -2.89. The lowest BCUT2D eigenvalue weighted by molar-refractivity contribution is -0.136. The zero-order valence-corrected chi connectivity index (χ0v) is 16.0. The van der Waals surface area contributed by atoms with E-state index in [0.29, 0.717) is 13.1 Å². The van der Waals surface area contributed by atoms with Crippen LogP contribution < -0.4 is 9.80 Å². The van der Waals surface area contributed by atoms with E-state index < -0.39 is 11.7 Å². The molecule has 2 aromatic carbocycles. The molecule has 2 amide bonds. The Kier molecular flexibility index (Phi) is 5.03. The van der Waals surface area contributed by atoms with Gasteiger partial charge in [0, 0.05) is 44.8 Å². The fourth-order valence-corrected chi connectivity index (χ4v) is 4.12. The molecular formula is C22H24FN3O2. The number of nitrogens with zero attached hydrogens (tertiary/aromatic N) is 3. The van der Waals surface area contributed by atoms with Crippen molar-refractivity contribution in [2.75, 3.05) is 42.5 Å². The maximum Gasteiger partial charge on any atom is 0.228 e. The van der Waals surface area contributed by atoms with Gasteiger partial charge in [-0.15, -0.1) is 0 Å². The van der Waals surface area contributed by atoms with Crippen molar-refractivity contribution < 1.29 is 14.0 Å². The van der Waals surface area contributed by atoms with Gasteiger partial charge in [0.2, 0.25) is 11.8 Å². The number of benzene rings is 2. The van der Waals surface area contributed by atoms with E-state index in [1.54, 1.807) is 18.2 Å². The van der Waals surface area contributed by atoms with Gasteiger partial charge in [-0.25, -0.2) is 4.39 Å². The molecule has 1 atom stereocenters. The molecule has 2 saturated heterocycles. The van der Waals surface area contributed by atoms with Crippen molar-refractivity contribution in [3.63, 3.8) is 0 Å². The standard InChI is InChI=1S/C22H24FN3O2/c1-16-6-2-4-8-19(16)24-10-12-25(13-11-24)22(28)17-14-21(27)26(15-17)20-9-5-3-7-18(20)23/h2-9,17H,10-15H2,1H3/t17-/m1/s1. The molecule has 0 aromatic heterocycles. The molecule has 0 saturated carbocycles. The van der Waals surface area contributed by atoms with Gasteiger partial charge in [0.25, 0.3) is 0 Å². The van der Waals surface area contributed by atoms with Crippen molar-refractivity contribution in [1.29, 1.82) is 0 Å². The number of piperazine rings is 1. The van der Waals surface area contributed by atoms with Crippen LogP contribution in [0.5, 0.6) is 0 Å². The predicted octanol–water partition coefficient (Wildman–Crippen LogP) is 2.84. The first kappa shape index (κ1) is 18.5. The second kappa shape index (κ2) is 7.62. The summed E-state index contributed by atoms with van der Waals surface area (Å²) >= 11 is 0. The molecule has 0 aliphatic carbocycles. The molecule has 2 aromatic rings. The number of amides is 2. The average Bonchev–Trinajstić information content (AvgIpc) is 3.10. The van der Waals surface area contributed by atoms with Gasteiger partial charge < -0.3 is 14.7 Å². The summed E-state index contributed by atoms with van der Waals surface area (Å²) < 4.78 is 14.0. The van der Waals surface area contributed by atoms with Gasteiger partial charge in [-0.1, -0.05) is 30.3 Å². The first-order chi connectivity index (χ1) is 13.5. The van der Waals surface area contributed by atoms with Crippen molar-refractivity contribution in [3.05, 3.63) is 59.9 Å². The van der Waals surface area contributed by atoms with Gasteiger partial charge in [-0.05, 0) is 30.7 Å². The van der Waals surface area contributed by atoms with Crippen LogP contribution in [0.1, 0.15) is 12.0 Å². The fraction of sp³-hybridized carbons (Fsp3) is 0.364. The van der Waals surface area contributed by atoms with E-state index in [1.807, 2.05) is 17.0 Å². The van der Waals surface area contributed by atoms with Crippen LogP contribution >= 0.6 is 0 Å². The molecule has 2 fully saturated rings. The van der Waals surface area contributed by atoms with Gasteiger partial charge in [-0.3, -0.25) is 9.59 Å². The van der Waals surface area contributed by atoms with Crippen molar-refractivity contribution >= 4 is 23.2 Å². The maximum absolute atomic E-state index is 14.0. The lowest BCUT2D eigenvalue weighted by atomic mass is 10.1. The van der Waals surface area contributed by atoms with E-state index in [1.165, 1.54) is 22.2 Å². The Balaban J connectivity index is 1.39. The quantitative estimate of drug-likeness (QED) is 0.821. The summed E-state index contributed by atoms with van der Waals surface area (Å²) in [6.07, 6.45) is 0.144. The van der Waals surface area contributed by atoms with E-state index in [0.717, 1.165) is 13.1 Å². The lowest BCUT2D eigenvalue weighted by Gasteiger charge is -2.37. The average molecular weight is 381 g/mol. The minimum absolute atomic E-state index is 0.00313. The summed E-state index contributed by atoms with van der Waals surface area (Å²) in [5.74, 6) is -1.04. The Morgan fingerprint density at radius 1 is 0.964 bits per heavy atom. The number of para-hydroxylation sites is 2. The molecule has 146 valence electrons. The highest BCUT2D eigenvalue weighted by Gasteiger charge is 2.38. The molecule has 0 spiro atoms. The molecule has 28 heavy (non-hydrogen) atoms. The van der Waals surface area contributed by atoms with Crippen LogP contribution in [-0.4, -0.2) is 49.4 Å². The van der Waals surface area contributed by atoms with Gasteiger partial charge >= 0.3 is 0 Å². The third-order valence-corrected chi connectivity index (χ3v) is 5.67. The topological polar surface area (TPSA) is 43.9 Å². The molecule has 6 heteroatoms. The molecule has 2 aliphatic rings. The Labute approximate surface area is 164 Å². The number of carbonyl (C=O) groups is 2. The molecule has 0 N–H and O–H groups in total. The third kappa shape index (κ3) is 3.46. The third-order valence-electron chi connectivity index (χ3n) is 5.67. The van der Waals surface area contributed by atoms with E-state index in [-0.39, 0.29) is 30.5 Å². The van der Waals surface area contributed by atoms with Crippen molar-refractivity contribution in [3.8, 4) is 0 Å². The molecule has 2 aliphatic heterocycles. The van der Waals surface area contributed by atoms with Gasteiger partial charge in [-0.2, -0.15) is 0 Å². The molecule has 0 bridgehead atoms. The first-order valence-electron chi connectivity index (χ1n) is 9.69. The van der Waals surface area contributed by atoms with Gasteiger partial charge in [0.15, 0.2) is 0 Å². The number of carbonyl (C=O) groups excluding carboxylic acids is 2. The highest BCUT2D eigenvalue weighted by molar-refractivity contribution is 6.00. The molecule has 4 rings (SSSR count). The maximum atomic E-state index is 14.0. The SMILES string of the molecule is Cc1ccccc1N1CCN(C(=O)[C@@H]2CC(=O)N(c3ccccc3F)C2)CC1. The predicted molar refractivity (Wildman–Crippen MR) is 107 cm³/mol. The van der Waals surface area contributed by atoms with Crippen molar-refractivity contribution in [2.24, 2.45) is 5.92 Å². The zero-order valence-electron chi connectivity index (χ0n) is 16.0. The van der Waals surface area contributed by atoms with Crippen LogP contribution in [0.3, 0.4) is 0 Å². The van der Waals surface area contributed by atoms with Crippen molar-refractivity contribution in [1.82, 2.24) is 4.90 Å². The van der Waals surface area contributed by atoms with E-state index in [9.17, 15) is 14.0 Å². The molecular weight excluding hydrogens is 357 g/mol. The number of halogens is 1. The highest BCUT2D eigenvalue weighted by atomic mass is 19.1. The van der Waals surface area contributed by atoms with Gasteiger partial charge in [0.1, 0.15) is 5.82 Å². The lowest BCUT2D eigenvalue weighted by Crippen LogP contribution is -2.50. The highest BCUT2D eigenvalue weighted by Crippen LogP contribution is 2.29. The normalized spacial score (nSPS) is 20.0. The monoisotopic (exact) mass is 381 g/mol. The summed E-state index contributed by atoms with van der Waals surface area (Å²) in [5, 5.41) is 0. The molecule has 0 radical (unpaired) electrons. The molecule has 0 unspecified atom stereocenters. The summed E-state index contributed by atoms with van der Waals surface area (Å²) in [6.45, 7) is 5.16. The minimum Gasteiger partial charge on any atom is -0.368 e. The fourth-order valence-electron chi connectivity index (χ4n) is 4.12. The van der Waals surface area contributed by atoms with Gasteiger partial charge in [0.05, 0.1) is 11.6 Å². The zero-order chi connectivity index (χ0) is 19.7. The number of aryl methyl sites for hydroxylation is 1. The van der Waals surface area contributed by atoms with Crippen LogP contribution in [0.25, 0.3) is 0 Å². The minimum atomic E-state index is -0.434. The van der Waals surface area contributed by atoms with Crippen LogP contribution in [0, 0.1) is 18.7 Å². The number of hydrogen-bond donors (Lipinski definition) is 0. The van der Waals surface area contributed by atoms with Crippen LogP contribution in [-0.2, 0) is 9.59 Å². The van der Waals surface area contributed by atoms with Crippen LogP contribution in [0.2, 0.25) is 0 Å². The first-order valence-corrected chi connectivity index (χ1v) is 9.69. The Morgan fingerprint density at radius 2 is 1.61 bits per heavy atom. The van der Waals surface area contributed by atoms with Crippen LogP contribution in [0.15, 0.2) is 48.5 Å². The van der Waals surface area contributed by atoms with Crippen molar-refractivity contribution in [2.45, 2.75) is 13.3 Å². The van der Waals surface area contributed by atoms with E-state index >= 15 is 0 Å². The summed E-state index contributed by atoms with van der Waals surface area (Å²) in [5.41, 5.74) is 2.69. The second-order valence-corrected chi connectivity index (χ2v) is 7.46. The number of rotatable bonds is 3. The molecule has 2 heterocycles. The summed E-state index contributed by atoms with van der Waals surface area (Å²) in [7, 11) is 0. The smallest absolute Gasteiger partial charge is 0.228 e. The summed E-state index contributed by atoms with van der Waals surface area (Å²) in [6, 6.07) is 14.5. The summed E-state index contributed by atoms with van der Waals surface area (Å²) in [4.78, 5) is 30.9. The number of anilines is 2. The molecule has 5 nitrogen and oxygen atoms in total. The second-order valence-electron chi connectivity index (χ2n) is 7.46. The number of hydrogen-bond acceptors (Lipinski definition) is 3. The van der Waals surface area contributed by atoms with E-state index in [2.05, 4.69) is 24.0 Å². The Bertz CT molecular complexity index is 893.